The van der Waals surface area contributed by atoms with Gasteiger partial charge < -0.3 is 19.6 Å². The van der Waals surface area contributed by atoms with E-state index in [4.69, 9.17) is 16.3 Å². The zero-order valence-electron chi connectivity index (χ0n) is 14.9. The van der Waals surface area contributed by atoms with E-state index in [1.807, 2.05) is 0 Å². The molecule has 0 aliphatic heterocycles. The largest absolute Gasteiger partial charge is 0.545 e. The van der Waals surface area contributed by atoms with E-state index in [1.165, 1.54) is 18.2 Å². The van der Waals surface area contributed by atoms with Gasteiger partial charge in [0, 0.05) is 5.69 Å². The Morgan fingerprint density at radius 1 is 1.35 bits per heavy atom. The van der Waals surface area contributed by atoms with Gasteiger partial charge in [-0.3, -0.25) is 5.43 Å². The molecule has 26 heavy (non-hydrogen) atoms. The molecule has 2 rings (SSSR count). The first-order valence-corrected chi connectivity index (χ1v) is 8.31. The van der Waals surface area contributed by atoms with Crippen molar-refractivity contribution in [2.45, 2.75) is 27.7 Å². The minimum atomic E-state index is -1.31. The lowest BCUT2D eigenvalue weighted by Crippen LogP contribution is -2.22. The lowest BCUT2D eigenvalue weighted by Gasteiger charge is -2.09. The summed E-state index contributed by atoms with van der Waals surface area (Å²) in [6.45, 7) is 7.37. The van der Waals surface area contributed by atoms with Crippen LogP contribution in [0.25, 0.3) is 0 Å². The van der Waals surface area contributed by atoms with Crippen LogP contribution in [0, 0.1) is 13.8 Å². The van der Waals surface area contributed by atoms with Crippen molar-refractivity contribution in [3.05, 3.63) is 51.3 Å². The second-order valence-electron chi connectivity index (χ2n) is 5.64. The van der Waals surface area contributed by atoms with Crippen LogP contribution in [-0.2, 0) is 4.74 Å². The van der Waals surface area contributed by atoms with Crippen molar-refractivity contribution < 1.29 is 19.4 Å². The number of nitrogens with one attached hydrogen (secondary N) is 2. The van der Waals surface area contributed by atoms with E-state index in [0.29, 0.717) is 40.0 Å². The summed E-state index contributed by atoms with van der Waals surface area (Å²) in [7, 11) is 0. The summed E-state index contributed by atoms with van der Waals surface area (Å²) in [5.41, 5.74) is 6.19. The van der Waals surface area contributed by atoms with E-state index in [9.17, 15) is 14.7 Å². The number of nitrogens with zero attached hydrogens (tertiary/aromatic N) is 1. The van der Waals surface area contributed by atoms with Crippen LogP contribution in [0.4, 0.5) is 5.69 Å². The number of aromatic amines is 1. The third-order valence-corrected chi connectivity index (χ3v) is 4.15. The highest BCUT2D eigenvalue weighted by Gasteiger charge is 2.20. The van der Waals surface area contributed by atoms with E-state index in [0.717, 1.165) is 5.56 Å². The van der Waals surface area contributed by atoms with Crippen LogP contribution in [0.2, 0.25) is 5.02 Å². The van der Waals surface area contributed by atoms with Gasteiger partial charge in [0.05, 0.1) is 40.3 Å². The molecule has 0 fully saturated rings. The molecule has 0 unspecified atom stereocenters. The maximum atomic E-state index is 12.1. The highest BCUT2D eigenvalue weighted by atomic mass is 35.5. The number of esters is 1. The van der Waals surface area contributed by atoms with Crippen LogP contribution >= 0.6 is 11.6 Å². The number of rotatable bonds is 6. The third-order valence-electron chi connectivity index (χ3n) is 3.82. The van der Waals surface area contributed by atoms with E-state index >= 15 is 0 Å². The Morgan fingerprint density at radius 2 is 2.04 bits per heavy atom. The fourth-order valence-corrected chi connectivity index (χ4v) is 2.72. The number of carbonyl (C=O) groups excluding carboxylic acids is 2. The first-order valence-electron chi connectivity index (χ1n) is 7.94. The van der Waals surface area contributed by atoms with Gasteiger partial charge in [-0.1, -0.05) is 17.7 Å². The molecule has 7 nitrogen and oxygen atoms in total. The zero-order valence-corrected chi connectivity index (χ0v) is 15.7. The molecule has 0 bridgehead atoms. The van der Waals surface area contributed by atoms with Crippen LogP contribution in [-0.4, -0.2) is 29.2 Å². The maximum Gasteiger partial charge on any atom is 0.340 e. The van der Waals surface area contributed by atoms with Gasteiger partial charge in [-0.2, -0.15) is 5.10 Å². The van der Waals surface area contributed by atoms with Crippen LogP contribution in [0.15, 0.2) is 23.3 Å². The molecule has 0 aliphatic carbocycles. The Balaban J connectivity index is 2.31. The number of anilines is 1. The summed E-state index contributed by atoms with van der Waals surface area (Å²) < 4.78 is 5.07. The van der Waals surface area contributed by atoms with Gasteiger partial charge in [0.2, 0.25) is 0 Å². The number of carbonyl (C=O) groups is 2. The van der Waals surface area contributed by atoms with Crippen LogP contribution < -0.4 is 10.5 Å². The van der Waals surface area contributed by atoms with E-state index in [1.54, 1.807) is 27.7 Å². The number of hydrogen-bond donors (Lipinski definition) is 2. The smallest absolute Gasteiger partial charge is 0.340 e. The van der Waals surface area contributed by atoms with Crippen LogP contribution in [0.1, 0.15) is 51.5 Å². The van der Waals surface area contributed by atoms with Crippen LogP contribution in [0.5, 0.6) is 0 Å². The average Bonchev–Trinajstić information content (AvgIpc) is 2.88. The number of aryl methyl sites for hydroxylation is 1. The Bertz CT molecular complexity index is 887. The van der Waals surface area contributed by atoms with Gasteiger partial charge in [-0.25, -0.2) is 4.79 Å². The first kappa shape index (κ1) is 19.5. The quantitative estimate of drug-likeness (QED) is 0.458. The molecule has 8 heteroatoms. The summed E-state index contributed by atoms with van der Waals surface area (Å²) in [6, 6.07) is 4.14. The molecule has 2 N–H and O–H groups in total. The molecule has 0 saturated heterocycles. The number of aromatic carboxylic acids is 1. The predicted octanol–water partition coefficient (Wildman–Crippen LogP) is 2.66. The zero-order chi connectivity index (χ0) is 19.4. The van der Waals surface area contributed by atoms with Gasteiger partial charge in [0.1, 0.15) is 0 Å². The molecule has 0 atom stereocenters. The van der Waals surface area contributed by atoms with Crippen molar-refractivity contribution in [2.75, 3.05) is 12.0 Å². The number of halogens is 1. The standard InChI is InChI=1S/C18H20ClN3O4/c1-5-26-18(25)15-9(2)16(20-10(15)3)11(4)21-22-14-8-12(17(23)24)6-7-13(14)19/h6-8,20,22H,5H2,1-4H3,(H,23,24)/p-1/b21-11+. The molecular weight excluding hydrogens is 358 g/mol. The first-order chi connectivity index (χ1) is 12.3. The topological polar surface area (TPSA) is 107 Å². The fourth-order valence-electron chi connectivity index (χ4n) is 2.56. The average molecular weight is 377 g/mol. The van der Waals surface area contributed by atoms with E-state index < -0.39 is 11.9 Å². The highest BCUT2D eigenvalue weighted by Crippen LogP contribution is 2.24. The Morgan fingerprint density at radius 3 is 2.65 bits per heavy atom. The van der Waals surface area contributed by atoms with Gasteiger partial charge in [0.15, 0.2) is 0 Å². The lowest BCUT2D eigenvalue weighted by molar-refractivity contribution is -0.255. The van der Waals surface area contributed by atoms with E-state index in [2.05, 4.69) is 15.5 Å². The van der Waals surface area contributed by atoms with Gasteiger partial charge >= 0.3 is 5.97 Å². The number of hydrazone groups is 1. The SMILES string of the molecule is CCOC(=O)c1c(C)[nH]c(/C(C)=N/Nc2cc(C(=O)[O-])ccc2Cl)c1C. The van der Waals surface area contributed by atoms with Crippen molar-refractivity contribution in [2.24, 2.45) is 5.10 Å². The summed E-state index contributed by atoms with van der Waals surface area (Å²) in [5.74, 6) is -1.70. The van der Waals surface area contributed by atoms with Gasteiger partial charge in [0.25, 0.3) is 0 Å². The third kappa shape index (κ3) is 4.05. The number of H-pyrrole nitrogens is 1. The van der Waals surface area contributed by atoms with Crippen molar-refractivity contribution in [3.63, 3.8) is 0 Å². The van der Waals surface area contributed by atoms with Gasteiger partial charge in [-0.15, -0.1) is 0 Å². The molecule has 1 heterocycles. The number of ether oxygens (including phenoxy) is 1. The minimum absolute atomic E-state index is 0.0127. The van der Waals surface area contributed by atoms with E-state index in [-0.39, 0.29) is 5.56 Å². The Labute approximate surface area is 156 Å². The normalized spacial score (nSPS) is 11.3. The molecule has 0 radical (unpaired) electrons. The summed E-state index contributed by atoms with van der Waals surface area (Å²) in [4.78, 5) is 26.2. The van der Waals surface area contributed by atoms with Crippen LogP contribution in [0.3, 0.4) is 0 Å². The number of benzene rings is 1. The highest BCUT2D eigenvalue weighted by molar-refractivity contribution is 6.33. The molecule has 1 aromatic heterocycles. The molecule has 0 spiro atoms. The molecule has 1 aromatic carbocycles. The molecule has 2 aromatic rings. The van der Waals surface area contributed by atoms with Crippen molar-refractivity contribution in [1.82, 2.24) is 4.98 Å². The molecule has 0 amide bonds. The summed E-state index contributed by atoms with van der Waals surface area (Å²) in [5, 5.41) is 15.5. The van der Waals surface area contributed by atoms with Crippen molar-refractivity contribution in [1.29, 1.82) is 0 Å². The van der Waals surface area contributed by atoms with Crippen molar-refractivity contribution in [3.8, 4) is 0 Å². The number of aromatic nitrogens is 1. The lowest BCUT2D eigenvalue weighted by atomic mass is 10.1. The number of carboxylic acid groups (broad SMARTS) is 1. The fraction of sp³-hybridized carbons (Fsp3) is 0.278. The second-order valence-corrected chi connectivity index (χ2v) is 6.04. The summed E-state index contributed by atoms with van der Waals surface area (Å²) in [6.07, 6.45) is 0. The van der Waals surface area contributed by atoms with Crippen molar-refractivity contribution >= 4 is 34.9 Å². The monoisotopic (exact) mass is 376 g/mol. The minimum Gasteiger partial charge on any atom is -0.545 e. The number of carboxylic acids is 1. The van der Waals surface area contributed by atoms with Gasteiger partial charge in [-0.05, 0) is 51.0 Å². The molecule has 0 aliphatic rings. The predicted molar refractivity (Wildman–Crippen MR) is 97.8 cm³/mol. The number of hydrogen-bond acceptors (Lipinski definition) is 6. The Kier molecular flexibility index (Phi) is 6.05. The maximum absolute atomic E-state index is 12.1. The molecule has 0 saturated carbocycles. The molecular formula is C18H19ClN3O4-. The second kappa shape index (κ2) is 8.05. The Hall–Kier alpha value is -2.80. The molecule has 138 valence electrons. The summed E-state index contributed by atoms with van der Waals surface area (Å²) >= 11 is 6.05.